The molecule has 0 aromatic heterocycles. The minimum atomic E-state index is -4.49. The van der Waals surface area contributed by atoms with Crippen LogP contribution in [-0.4, -0.2) is 36.1 Å². The molecule has 154 valence electrons. The van der Waals surface area contributed by atoms with E-state index in [1.54, 1.807) is 20.2 Å². The first-order valence-electron chi connectivity index (χ1n) is 8.73. The van der Waals surface area contributed by atoms with Crippen LogP contribution in [0.4, 0.5) is 18.9 Å². The molecule has 29 heavy (non-hydrogen) atoms. The van der Waals surface area contributed by atoms with Gasteiger partial charge in [-0.25, -0.2) is 0 Å². The molecule has 1 aliphatic heterocycles. The Balaban J connectivity index is 1.67. The van der Waals surface area contributed by atoms with Crippen molar-refractivity contribution >= 4 is 29.3 Å². The van der Waals surface area contributed by atoms with Gasteiger partial charge >= 0.3 is 6.18 Å². The highest BCUT2D eigenvalue weighted by Crippen LogP contribution is 2.40. The lowest BCUT2D eigenvalue weighted by Gasteiger charge is -2.26. The van der Waals surface area contributed by atoms with Gasteiger partial charge in [0.25, 0.3) is 0 Å². The third kappa shape index (κ3) is 4.84. The van der Waals surface area contributed by atoms with Crippen molar-refractivity contribution in [3.05, 3.63) is 53.6 Å². The summed E-state index contributed by atoms with van der Waals surface area (Å²) < 4.78 is 43.8. The molecule has 5 nitrogen and oxygen atoms in total. The summed E-state index contributed by atoms with van der Waals surface area (Å²) in [5, 5.41) is 1.77. The molecular weight excluding hydrogens is 405 g/mol. The van der Waals surface area contributed by atoms with Gasteiger partial charge in [0.1, 0.15) is 5.75 Å². The van der Waals surface area contributed by atoms with Crippen molar-refractivity contribution in [3.8, 4) is 5.75 Å². The number of anilines is 1. The highest BCUT2D eigenvalue weighted by Gasteiger charge is 2.34. The average Bonchev–Trinajstić information content (AvgIpc) is 2.67. The van der Waals surface area contributed by atoms with Gasteiger partial charge in [0.2, 0.25) is 11.8 Å². The number of ether oxygens (including phenoxy) is 1. The standard InChI is InChI=1S/C20H19F3N2O3S/c1-25(11-12-5-3-4-6-15(12)28-2)18(26)10-17-19(27)24-14-9-13(20(21,22)23)7-8-16(14)29-17/h3-9,17H,10-11H2,1-2H3,(H,24,27). The van der Waals surface area contributed by atoms with Gasteiger partial charge in [-0.3, -0.25) is 9.59 Å². The van der Waals surface area contributed by atoms with Crippen molar-refractivity contribution in [1.29, 1.82) is 0 Å². The van der Waals surface area contributed by atoms with Crippen LogP contribution in [0.5, 0.6) is 5.75 Å². The van der Waals surface area contributed by atoms with Crippen molar-refractivity contribution in [1.82, 2.24) is 4.90 Å². The Labute approximate surface area is 170 Å². The van der Waals surface area contributed by atoms with Gasteiger partial charge in [0, 0.05) is 30.5 Å². The van der Waals surface area contributed by atoms with Gasteiger partial charge in [-0.15, -0.1) is 11.8 Å². The minimum Gasteiger partial charge on any atom is -0.496 e. The van der Waals surface area contributed by atoms with Crippen LogP contribution in [0.25, 0.3) is 0 Å². The highest BCUT2D eigenvalue weighted by molar-refractivity contribution is 8.01. The highest BCUT2D eigenvalue weighted by atomic mass is 32.2. The van der Waals surface area contributed by atoms with Gasteiger partial charge in [-0.05, 0) is 24.3 Å². The SMILES string of the molecule is COc1ccccc1CN(C)C(=O)CC1Sc2ccc(C(F)(F)F)cc2NC1=O. The lowest BCUT2D eigenvalue weighted by molar-refractivity contribution is -0.137. The Morgan fingerprint density at radius 1 is 1.24 bits per heavy atom. The molecule has 1 N–H and O–H groups in total. The van der Waals surface area contributed by atoms with Crippen LogP contribution in [0.2, 0.25) is 0 Å². The number of alkyl halides is 3. The maximum Gasteiger partial charge on any atom is 0.416 e. The minimum absolute atomic E-state index is 0.0669. The molecule has 1 atom stereocenters. The summed E-state index contributed by atoms with van der Waals surface area (Å²) in [6.45, 7) is 0.313. The Bertz CT molecular complexity index is 933. The molecule has 2 aromatic rings. The van der Waals surface area contributed by atoms with Crippen molar-refractivity contribution in [2.45, 2.75) is 29.3 Å². The first-order valence-corrected chi connectivity index (χ1v) is 9.61. The molecule has 0 radical (unpaired) electrons. The quantitative estimate of drug-likeness (QED) is 0.783. The molecule has 0 aliphatic carbocycles. The Morgan fingerprint density at radius 3 is 2.66 bits per heavy atom. The fourth-order valence-electron chi connectivity index (χ4n) is 2.95. The number of carbonyl (C=O) groups excluding carboxylic acids is 2. The second-order valence-electron chi connectivity index (χ2n) is 6.57. The average molecular weight is 424 g/mol. The summed E-state index contributed by atoms with van der Waals surface area (Å²) in [6, 6.07) is 10.5. The van der Waals surface area contributed by atoms with E-state index in [9.17, 15) is 22.8 Å². The number of hydrogen-bond donors (Lipinski definition) is 1. The van der Waals surface area contributed by atoms with Crippen molar-refractivity contribution in [2.75, 3.05) is 19.5 Å². The number of fused-ring (bicyclic) bond motifs is 1. The number of rotatable bonds is 5. The number of thioether (sulfide) groups is 1. The number of carbonyl (C=O) groups is 2. The third-order valence-corrected chi connectivity index (χ3v) is 5.79. The molecule has 1 unspecified atom stereocenters. The third-order valence-electron chi connectivity index (χ3n) is 4.51. The number of nitrogens with one attached hydrogen (secondary N) is 1. The van der Waals surface area contributed by atoms with Crippen LogP contribution in [0.15, 0.2) is 47.4 Å². The predicted molar refractivity (Wildman–Crippen MR) is 104 cm³/mol. The number of nitrogens with zero attached hydrogens (tertiary/aromatic N) is 1. The molecule has 1 heterocycles. The fraction of sp³-hybridized carbons (Fsp3) is 0.300. The van der Waals surface area contributed by atoms with E-state index in [0.717, 1.165) is 29.5 Å². The number of hydrogen-bond acceptors (Lipinski definition) is 4. The summed E-state index contributed by atoms with van der Waals surface area (Å²) in [4.78, 5) is 26.9. The number of para-hydroxylation sites is 1. The normalized spacial score (nSPS) is 16.0. The molecular formula is C20H19F3N2O3S. The van der Waals surface area contributed by atoms with E-state index in [1.165, 1.54) is 11.0 Å². The number of amides is 2. The molecule has 3 rings (SSSR count). The van der Waals surface area contributed by atoms with Gasteiger partial charge < -0.3 is 15.0 Å². The molecule has 0 saturated carbocycles. The van der Waals surface area contributed by atoms with Crippen molar-refractivity contribution in [3.63, 3.8) is 0 Å². The summed E-state index contributed by atoms with van der Waals surface area (Å²) >= 11 is 1.09. The second kappa shape index (κ2) is 8.36. The van der Waals surface area contributed by atoms with E-state index in [2.05, 4.69) is 5.32 Å². The van der Waals surface area contributed by atoms with Crippen LogP contribution in [0, 0.1) is 0 Å². The van der Waals surface area contributed by atoms with Crippen LogP contribution in [0.1, 0.15) is 17.5 Å². The molecule has 9 heteroatoms. The molecule has 1 aliphatic rings. The first-order chi connectivity index (χ1) is 13.7. The van der Waals surface area contributed by atoms with E-state index < -0.39 is 22.9 Å². The monoisotopic (exact) mass is 424 g/mol. The maximum atomic E-state index is 12.8. The van der Waals surface area contributed by atoms with Crippen LogP contribution in [-0.2, 0) is 22.3 Å². The van der Waals surface area contributed by atoms with Crippen molar-refractivity contribution < 1.29 is 27.5 Å². The predicted octanol–water partition coefficient (Wildman–Crippen LogP) is 4.18. The zero-order valence-corrected chi connectivity index (χ0v) is 16.6. The molecule has 0 fully saturated rings. The zero-order valence-electron chi connectivity index (χ0n) is 15.7. The van der Waals surface area contributed by atoms with Gasteiger partial charge in [0.15, 0.2) is 0 Å². The molecule has 2 amide bonds. The topological polar surface area (TPSA) is 58.6 Å². The van der Waals surface area contributed by atoms with E-state index in [0.29, 0.717) is 17.2 Å². The summed E-state index contributed by atoms with van der Waals surface area (Å²) in [6.07, 6.45) is -4.55. The zero-order chi connectivity index (χ0) is 21.2. The number of methoxy groups -OCH3 is 1. The smallest absolute Gasteiger partial charge is 0.416 e. The van der Waals surface area contributed by atoms with Crippen molar-refractivity contribution in [2.24, 2.45) is 0 Å². The Morgan fingerprint density at radius 2 is 1.97 bits per heavy atom. The fourth-order valence-corrected chi connectivity index (χ4v) is 4.03. The van der Waals surface area contributed by atoms with E-state index >= 15 is 0 Å². The summed E-state index contributed by atoms with van der Waals surface area (Å²) in [7, 11) is 3.18. The van der Waals surface area contributed by atoms with Crippen LogP contribution in [0.3, 0.4) is 0 Å². The van der Waals surface area contributed by atoms with Gasteiger partial charge in [-0.1, -0.05) is 18.2 Å². The second-order valence-corrected chi connectivity index (χ2v) is 7.81. The summed E-state index contributed by atoms with van der Waals surface area (Å²) in [5.74, 6) is -0.0777. The van der Waals surface area contributed by atoms with Crippen LogP contribution < -0.4 is 10.1 Å². The molecule has 0 spiro atoms. The molecule has 0 bridgehead atoms. The lowest BCUT2D eigenvalue weighted by atomic mass is 10.1. The first kappa shape index (κ1) is 21.0. The van der Waals surface area contributed by atoms with E-state index in [4.69, 9.17) is 4.74 Å². The Hall–Kier alpha value is -2.68. The van der Waals surface area contributed by atoms with Gasteiger partial charge in [0.05, 0.1) is 23.6 Å². The number of halogens is 3. The maximum absolute atomic E-state index is 12.8. The number of benzene rings is 2. The van der Waals surface area contributed by atoms with Gasteiger partial charge in [-0.2, -0.15) is 13.2 Å². The molecule has 0 saturated heterocycles. The van der Waals surface area contributed by atoms with Crippen LogP contribution >= 0.6 is 11.8 Å². The lowest BCUT2D eigenvalue weighted by Crippen LogP contribution is -2.35. The van der Waals surface area contributed by atoms with E-state index in [1.807, 2.05) is 18.2 Å². The largest absolute Gasteiger partial charge is 0.496 e. The Kier molecular flexibility index (Phi) is 6.07. The summed E-state index contributed by atoms with van der Waals surface area (Å²) in [5.41, 5.74) is 0.112. The molecule has 2 aromatic carbocycles. The van der Waals surface area contributed by atoms with E-state index in [-0.39, 0.29) is 18.0 Å².